The zero-order valence-corrected chi connectivity index (χ0v) is 12.2. The highest BCUT2D eigenvalue weighted by atomic mass is 35.5. The van der Waals surface area contributed by atoms with Crippen molar-refractivity contribution in [3.05, 3.63) is 46.2 Å². The van der Waals surface area contributed by atoms with Gasteiger partial charge in [0.1, 0.15) is 5.02 Å². The van der Waals surface area contributed by atoms with Crippen LogP contribution in [-0.4, -0.2) is 0 Å². The number of benzene rings is 2. The summed E-state index contributed by atoms with van der Waals surface area (Å²) in [5.41, 5.74) is 14.0. The van der Waals surface area contributed by atoms with Gasteiger partial charge in [-0.05, 0) is 37.1 Å². The topological polar surface area (TPSA) is 52.0 Å². The van der Waals surface area contributed by atoms with Gasteiger partial charge in [-0.25, -0.2) is 4.39 Å². The molecule has 0 spiro atoms. The van der Waals surface area contributed by atoms with Crippen LogP contribution in [-0.2, 0) is 0 Å². The third-order valence-electron chi connectivity index (χ3n) is 2.77. The summed E-state index contributed by atoms with van der Waals surface area (Å²) in [7, 11) is 0. The zero-order valence-electron chi connectivity index (χ0n) is 10.6. The lowest BCUT2D eigenvalue weighted by Crippen LogP contribution is -1.98. The highest BCUT2D eigenvalue weighted by Gasteiger charge is 2.16. The fourth-order valence-corrected chi connectivity index (χ4v) is 2.95. The summed E-state index contributed by atoms with van der Waals surface area (Å²) >= 11 is 7.09. The van der Waals surface area contributed by atoms with Gasteiger partial charge in [0.25, 0.3) is 0 Å². The molecule has 2 rings (SSSR count). The van der Waals surface area contributed by atoms with Gasteiger partial charge in [0.15, 0.2) is 5.82 Å². The molecule has 0 fully saturated rings. The first-order chi connectivity index (χ1) is 8.90. The Labute approximate surface area is 120 Å². The zero-order chi connectivity index (χ0) is 14.2. The predicted octanol–water partition coefficient (Wildman–Crippen LogP) is 4.41. The van der Waals surface area contributed by atoms with Crippen LogP contribution >= 0.6 is 23.4 Å². The number of aryl methyl sites for hydroxylation is 2. The van der Waals surface area contributed by atoms with Crippen molar-refractivity contribution in [2.45, 2.75) is 23.6 Å². The summed E-state index contributed by atoms with van der Waals surface area (Å²) in [6, 6.07) is 7.47. The lowest BCUT2D eigenvalue weighted by molar-refractivity contribution is 0.604. The van der Waals surface area contributed by atoms with Crippen LogP contribution in [0.3, 0.4) is 0 Å². The summed E-state index contributed by atoms with van der Waals surface area (Å²) in [6.07, 6.45) is 0. The molecule has 0 amide bonds. The normalized spacial score (nSPS) is 10.7. The van der Waals surface area contributed by atoms with Crippen molar-refractivity contribution in [1.82, 2.24) is 0 Å². The molecule has 0 unspecified atom stereocenters. The van der Waals surface area contributed by atoms with Crippen molar-refractivity contribution in [2.75, 3.05) is 11.5 Å². The molecule has 2 aromatic carbocycles. The lowest BCUT2D eigenvalue weighted by atomic mass is 10.2. The smallest absolute Gasteiger partial charge is 0.159 e. The Morgan fingerprint density at radius 1 is 1.11 bits per heavy atom. The second-order valence-corrected chi connectivity index (χ2v) is 5.81. The van der Waals surface area contributed by atoms with Crippen molar-refractivity contribution in [3.63, 3.8) is 0 Å². The SMILES string of the molecule is Cc1ccc(C)c(Sc2c(N)cc(N)c(Cl)c2F)c1. The van der Waals surface area contributed by atoms with Crippen LogP contribution in [0.2, 0.25) is 5.02 Å². The monoisotopic (exact) mass is 296 g/mol. The minimum absolute atomic E-state index is 0.0815. The number of anilines is 2. The quantitative estimate of drug-likeness (QED) is 0.807. The average Bonchev–Trinajstić information content (AvgIpc) is 2.36. The second kappa shape index (κ2) is 5.31. The standard InChI is InChI=1S/C14H14ClFN2S/c1-7-3-4-8(2)11(5-7)19-14-10(18)6-9(17)12(15)13(14)16/h3-6H,17-18H2,1-2H3. The molecular weight excluding hydrogens is 283 g/mol. The largest absolute Gasteiger partial charge is 0.398 e. The summed E-state index contributed by atoms with van der Waals surface area (Å²) in [6.45, 7) is 3.95. The third-order valence-corrected chi connectivity index (χ3v) is 4.44. The maximum Gasteiger partial charge on any atom is 0.159 e. The number of nitrogen functional groups attached to an aromatic ring is 2. The molecule has 0 aliphatic rings. The average molecular weight is 297 g/mol. The van der Waals surface area contributed by atoms with Gasteiger partial charge >= 0.3 is 0 Å². The van der Waals surface area contributed by atoms with E-state index >= 15 is 0 Å². The molecule has 0 aliphatic heterocycles. The third kappa shape index (κ3) is 2.80. The van der Waals surface area contributed by atoms with Gasteiger partial charge in [-0.1, -0.05) is 35.5 Å². The Balaban J connectivity index is 2.49. The number of rotatable bonds is 2. The highest BCUT2D eigenvalue weighted by molar-refractivity contribution is 7.99. The molecular formula is C14H14ClFN2S. The minimum Gasteiger partial charge on any atom is -0.398 e. The molecule has 4 N–H and O–H groups in total. The summed E-state index contributed by atoms with van der Waals surface area (Å²) < 4.78 is 14.1. The molecule has 0 aromatic heterocycles. The Hall–Kier alpha value is -1.39. The molecule has 0 radical (unpaired) electrons. The fraction of sp³-hybridized carbons (Fsp3) is 0.143. The second-order valence-electron chi connectivity index (χ2n) is 4.38. The van der Waals surface area contributed by atoms with Gasteiger partial charge in [-0.2, -0.15) is 0 Å². The Bertz CT molecular complexity index is 644. The number of hydrogen-bond acceptors (Lipinski definition) is 3. The molecule has 100 valence electrons. The molecule has 0 bridgehead atoms. The highest BCUT2D eigenvalue weighted by Crippen LogP contribution is 2.40. The van der Waals surface area contributed by atoms with Gasteiger partial charge in [-0.3, -0.25) is 0 Å². The van der Waals surface area contributed by atoms with Gasteiger partial charge in [-0.15, -0.1) is 0 Å². The maximum absolute atomic E-state index is 14.1. The van der Waals surface area contributed by atoms with E-state index in [-0.39, 0.29) is 10.7 Å². The first-order valence-corrected chi connectivity index (χ1v) is 6.87. The van der Waals surface area contributed by atoms with Crippen LogP contribution in [0.15, 0.2) is 34.1 Å². The minimum atomic E-state index is -0.565. The molecule has 19 heavy (non-hydrogen) atoms. The number of halogens is 2. The van der Waals surface area contributed by atoms with Crippen molar-refractivity contribution in [3.8, 4) is 0 Å². The molecule has 5 heteroatoms. The van der Waals surface area contributed by atoms with Crippen LogP contribution in [0.4, 0.5) is 15.8 Å². The van der Waals surface area contributed by atoms with E-state index in [9.17, 15) is 4.39 Å². The first-order valence-electron chi connectivity index (χ1n) is 5.68. The molecule has 0 heterocycles. The molecule has 2 nitrogen and oxygen atoms in total. The van der Waals surface area contributed by atoms with E-state index in [1.165, 1.54) is 17.8 Å². The first kappa shape index (κ1) is 14.0. The van der Waals surface area contributed by atoms with Crippen LogP contribution in [0.25, 0.3) is 0 Å². The molecule has 0 atom stereocenters. The van der Waals surface area contributed by atoms with Crippen molar-refractivity contribution in [1.29, 1.82) is 0 Å². The predicted molar refractivity (Wildman–Crippen MR) is 80.3 cm³/mol. The number of nitrogens with two attached hydrogens (primary N) is 2. The van der Waals surface area contributed by atoms with E-state index < -0.39 is 5.82 Å². The Morgan fingerprint density at radius 3 is 2.47 bits per heavy atom. The van der Waals surface area contributed by atoms with Crippen molar-refractivity contribution >= 4 is 34.7 Å². The lowest BCUT2D eigenvalue weighted by Gasteiger charge is -2.12. The Morgan fingerprint density at radius 2 is 1.79 bits per heavy atom. The fourth-order valence-electron chi connectivity index (χ4n) is 1.68. The van der Waals surface area contributed by atoms with E-state index in [2.05, 4.69) is 0 Å². The van der Waals surface area contributed by atoms with Crippen molar-refractivity contribution in [2.24, 2.45) is 0 Å². The van der Waals surface area contributed by atoms with Crippen molar-refractivity contribution < 1.29 is 4.39 Å². The van der Waals surface area contributed by atoms with E-state index in [0.717, 1.165) is 16.0 Å². The maximum atomic E-state index is 14.1. The molecule has 2 aromatic rings. The van der Waals surface area contributed by atoms with Gasteiger partial charge in [0, 0.05) is 4.90 Å². The van der Waals surface area contributed by atoms with Gasteiger partial charge in [0.05, 0.1) is 16.3 Å². The Kier molecular flexibility index (Phi) is 3.92. The van der Waals surface area contributed by atoms with E-state index in [4.69, 9.17) is 23.1 Å². The van der Waals surface area contributed by atoms with Gasteiger partial charge < -0.3 is 11.5 Å². The summed E-state index contributed by atoms with van der Waals surface area (Å²) in [5, 5.41) is -0.0815. The van der Waals surface area contributed by atoms with E-state index in [1.54, 1.807) is 0 Å². The van der Waals surface area contributed by atoms with E-state index in [0.29, 0.717) is 10.6 Å². The van der Waals surface area contributed by atoms with Crippen LogP contribution < -0.4 is 11.5 Å². The summed E-state index contributed by atoms with van der Waals surface area (Å²) in [5.74, 6) is -0.565. The van der Waals surface area contributed by atoms with Crippen LogP contribution in [0.1, 0.15) is 11.1 Å². The molecule has 0 saturated carbocycles. The summed E-state index contributed by atoms with van der Waals surface area (Å²) in [4.78, 5) is 1.26. The van der Waals surface area contributed by atoms with E-state index in [1.807, 2.05) is 32.0 Å². The van der Waals surface area contributed by atoms with Gasteiger partial charge in [0.2, 0.25) is 0 Å². The molecule has 0 aliphatic carbocycles. The van der Waals surface area contributed by atoms with Crippen LogP contribution in [0.5, 0.6) is 0 Å². The number of hydrogen-bond donors (Lipinski definition) is 2. The van der Waals surface area contributed by atoms with Crippen LogP contribution in [0, 0.1) is 19.7 Å². The molecule has 0 saturated heterocycles.